The Morgan fingerprint density at radius 3 is 2.26 bits per heavy atom. The highest BCUT2D eigenvalue weighted by molar-refractivity contribution is 7.89. The Morgan fingerprint density at radius 2 is 1.79 bits per heavy atom. The summed E-state index contributed by atoms with van der Waals surface area (Å²) in [5.74, 6) is -3.56. The number of hydrogen-bond donors (Lipinski definition) is 2. The molecule has 0 aromatic heterocycles. The first-order chi connectivity index (χ1) is 8.54. The summed E-state index contributed by atoms with van der Waals surface area (Å²) in [7, 11) is -8.70. The van der Waals surface area contributed by atoms with Gasteiger partial charge in [0.25, 0.3) is 10.0 Å². The third-order valence-corrected chi connectivity index (χ3v) is 4.32. The van der Waals surface area contributed by atoms with Crippen LogP contribution in [0.15, 0.2) is 29.2 Å². The molecule has 0 fully saturated rings. The lowest BCUT2D eigenvalue weighted by molar-refractivity contribution is 0.231. The van der Waals surface area contributed by atoms with Gasteiger partial charge in [-0.25, -0.2) is 26.7 Å². The maximum Gasteiger partial charge on any atom is 0.350 e. The van der Waals surface area contributed by atoms with Crippen LogP contribution in [0.1, 0.15) is 18.5 Å². The average molecular weight is 314 g/mol. The standard InChI is InChI=1S/C9H12F2N2O4S2/c1-6(13-19(16,17)9(10)11)7-3-2-4-8(5-7)18(12,14)15/h2-6,9,13H,1H3,(H2,12,14,15). The van der Waals surface area contributed by atoms with Gasteiger partial charge in [0.1, 0.15) is 0 Å². The topological polar surface area (TPSA) is 106 Å². The molecule has 0 aliphatic rings. The van der Waals surface area contributed by atoms with Crippen molar-refractivity contribution in [2.24, 2.45) is 5.14 Å². The van der Waals surface area contributed by atoms with Crippen molar-refractivity contribution in [1.29, 1.82) is 0 Å². The van der Waals surface area contributed by atoms with Crippen molar-refractivity contribution < 1.29 is 25.6 Å². The molecule has 0 bridgehead atoms. The lowest BCUT2D eigenvalue weighted by Gasteiger charge is -2.14. The highest BCUT2D eigenvalue weighted by Gasteiger charge is 2.26. The van der Waals surface area contributed by atoms with Gasteiger partial charge in [-0.15, -0.1) is 0 Å². The highest BCUT2D eigenvalue weighted by atomic mass is 32.2. The molecule has 0 saturated heterocycles. The Kier molecular flexibility index (Phi) is 4.61. The summed E-state index contributed by atoms with van der Waals surface area (Å²) in [6.45, 7) is 1.31. The minimum Gasteiger partial charge on any atom is -0.225 e. The van der Waals surface area contributed by atoms with Crippen LogP contribution >= 0.6 is 0 Å². The van der Waals surface area contributed by atoms with E-state index in [0.29, 0.717) is 0 Å². The first-order valence-electron chi connectivity index (χ1n) is 4.96. The van der Waals surface area contributed by atoms with Crippen LogP contribution < -0.4 is 9.86 Å². The summed E-state index contributed by atoms with van der Waals surface area (Å²) in [5, 5.41) is 4.91. The predicted molar refractivity (Wildman–Crippen MR) is 64.3 cm³/mol. The number of sulfonamides is 2. The number of halogens is 2. The largest absolute Gasteiger partial charge is 0.350 e. The molecule has 1 unspecified atom stereocenters. The van der Waals surface area contributed by atoms with Gasteiger partial charge in [0.15, 0.2) is 0 Å². The maximum atomic E-state index is 12.2. The average Bonchev–Trinajstić information content (AvgIpc) is 2.27. The molecule has 1 rings (SSSR count). The van der Waals surface area contributed by atoms with Gasteiger partial charge in [-0.3, -0.25) is 0 Å². The zero-order valence-corrected chi connectivity index (χ0v) is 11.4. The van der Waals surface area contributed by atoms with Crippen molar-refractivity contribution >= 4 is 20.0 Å². The first kappa shape index (κ1) is 16.0. The Bertz CT molecular complexity index is 659. The van der Waals surface area contributed by atoms with Crippen molar-refractivity contribution in [3.63, 3.8) is 0 Å². The molecule has 0 aliphatic carbocycles. The number of hydrogen-bond acceptors (Lipinski definition) is 4. The molecule has 1 aromatic carbocycles. The molecule has 0 spiro atoms. The van der Waals surface area contributed by atoms with Crippen LogP contribution in [0, 0.1) is 0 Å². The number of nitrogens with two attached hydrogens (primary N) is 1. The van der Waals surface area contributed by atoms with Crippen molar-refractivity contribution in [1.82, 2.24) is 4.72 Å². The Balaban J connectivity index is 3.05. The molecule has 0 radical (unpaired) electrons. The van der Waals surface area contributed by atoms with Crippen LogP contribution in [-0.2, 0) is 20.0 Å². The molecule has 6 nitrogen and oxygen atoms in total. The molecule has 0 heterocycles. The molecular formula is C9H12F2N2O4S2. The molecule has 0 amide bonds. The molecule has 10 heteroatoms. The number of benzene rings is 1. The summed E-state index contributed by atoms with van der Waals surface area (Å²) < 4.78 is 70.3. The minimum absolute atomic E-state index is 0.204. The number of rotatable bonds is 5. The van der Waals surface area contributed by atoms with Gasteiger partial charge >= 0.3 is 5.76 Å². The van der Waals surface area contributed by atoms with E-state index in [1.54, 1.807) is 4.72 Å². The molecular weight excluding hydrogens is 302 g/mol. The zero-order chi connectivity index (χ0) is 14.8. The van der Waals surface area contributed by atoms with E-state index in [-0.39, 0.29) is 10.5 Å². The van der Waals surface area contributed by atoms with Gasteiger partial charge in [-0.1, -0.05) is 12.1 Å². The fourth-order valence-corrected chi connectivity index (χ4v) is 2.63. The SMILES string of the molecule is CC(NS(=O)(=O)C(F)F)c1cccc(S(N)(=O)=O)c1. The van der Waals surface area contributed by atoms with E-state index in [4.69, 9.17) is 5.14 Å². The van der Waals surface area contributed by atoms with Crippen molar-refractivity contribution in [2.75, 3.05) is 0 Å². The van der Waals surface area contributed by atoms with E-state index in [9.17, 15) is 25.6 Å². The molecule has 1 atom stereocenters. The normalized spacial score (nSPS) is 14.6. The third kappa shape index (κ3) is 4.20. The van der Waals surface area contributed by atoms with Gasteiger partial charge in [-0.2, -0.15) is 8.78 Å². The van der Waals surface area contributed by atoms with Crippen LogP contribution in [0.3, 0.4) is 0 Å². The van der Waals surface area contributed by atoms with E-state index in [1.165, 1.54) is 25.1 Å². The van der Waals surface area contributed by atoms with Gasteiger partial charge in [0, 0.05) is 6.04 Å². The van der Waals surface area contributed by atoms with E-state index in [0.717, 1.165) is 6.07 Å². The summed E-state index contributed by atoms with van der Waals surface area (Å²) in [4.78, 5) is -0.229. The van der Waals surface area contributed by atoms with Gasteiger partial charge < -0.3 is 0 Å². The Labute approximate surface area is 109 Å². The van der Waals surface area contributed by atoms with Gasteiger partial charge in [0.2, 0.25) is 10.0 Å². The van der Waals surface area contributed by atoms with Gasteiger partial charge in [0.05, 0.1) is 4.90 Å². The maximum absolute atomic E-state index is 12.2. The third-order valence-electron chi connectivity index (χ3n) is 2.26. The van der Waals surface area contributed by atoms with Crippen molar-refractivity contribution in [3.8, 4) is 0 Å². The van der Waals surface area contributed by atoms with E-state index >= 15 is 0 Å². The molecule has 0 aliphatic heterocycles. The first-order valence-corrected chi connectivity index (χ1v) is 8.05. The number of nitrogens with one attached hydrogen (secondary N) is 1. The van der Waals surface area contributed by atoms with Crippen molar-refractivity contribution in [3.05, 3.63) is 29.8 Å². The van der Waals surface area contributed by atoms with E-state index < -0.39 is 31.8 Å². The summed E-state index contributed by atoms with van der Waals surface area (Å²) in [6, 6.07) is 4.05. The lowest BCUT2D eigenvalue weighted by atomic mass is 10.1. The summed E-state index contributed by atoms with van der Waals surface area (Å²) in [6.07, 6.45) is 0. The Hall–Kier alpha value is -1.10. The lowest BCUT2D eigenvalue weighted by Crippen LogP contribution is -2.31. The summed E-state index contributed by atoms with van der Waals surface area (Å²) >= 11 is 0. The number of alkyl halides is 2. The van der Waals surface area contributed by atoms with E-state index in [2.05, 4.69) is 0 Å². The molecule has 3 N–H and O–H groups in total. The minimum atomic E-state index is -4.76. The fourth-order valence-electron chi connectivity index (χ4n) is 1.33. The molecule has 19 heavy (non-hydrogen) atoms. The quantitative estimate of drug-likeness (QED) is 0.827. The summed E-state index contributed by atoms with van der Waals surface area (Å²) in [5.41, 5.74) is 0.204. The monoisotopic (exact) mass is 314 g/mol. The molecule has 108 valence electrons. The van der Waals surface area contributed by atoms with Crippen LogP contribution in [0.2, 0.25) is 0 Å². The second-order valence-corrected chi connectivity index (χ2v) is 7.01. The molecule has 0 saturated carbocycles. The smallest absolute Gasteiger partial charge is 0.225 e. The predicted octanol–water partition coefficient (Wildman–Crippen LogP) is 0.537. The Morgan fingerprint density at radius 1 is 1.21 bits per heavy atom. The van der Waals surface area contributed by atoms with Crippen LogP contribution in [0.5, 0.6) is 0 Å². The molecule has 1 aromatic rings. The van der Waals surface area contributed by atoms with Crippen LogP contribution in [0.25, 0.3) is 0 Å². The zero-order valence-electron chi connectivity index (χ0n) is 9.75. The van der Waals surface area contributed by atoms with Crippen molar-refractivity contribution in [2.45, 2.75) is 23.6 Å². The van der Waals surface area contributed by atoms with Crippen LogP contribution in [-0.4, -0.2) is 22.6 Å². The van der Waals surface area contributed by atoms with Crippen LogP contribution in [0.4, 0.5) is 8.78 Å². The second-order valence-electron chi connectivity index (χ2n) is 3.76. The van der Waals surface area contributed by atoms with E-state index in [1.807, 2.05) is 0 Å². The number of primary sulfonamides is 1. The second kappa shape index (κ2) is 5.49. The highest BCUT2D eigenvalue weighted by Crippen LogP contribution is 2.18. The van der Waals surface area contributed by atoms with Gasteiger partial charge in [-0.05, 0) is 24.6 Å². The fraction of sp³-hybridized carbons (Fsp3) is 0.333.